The average Bonchev–Trinajstić information content (AvgIpc) is 3.15. The molecule has 1 unspecified atom stereocenters. The van der Waals surface area contributed by atoms with Crippen LogP contribution >= 0.6 is 0 Å². The van der Waals surface area contributed by atoms with Gasteiger partial charge in [-0.15, -0.1) is 15.3 Å². The molecule has 0 amide bonds. The van der Waals surface area contributed by atoms with Gasteiger partial charge < -0.3 is 4.42 Å². The van der Waals surface area contributed by atoms with Crippen molar-refractivity contribution in [3.63, 3.8) is 0 Å². The van der Waals surface area contributed by atoms with Crippen molar-refractivity contribution < 1.29 is 17.6 Å². The molecule has 1 atom stereocenters. The molecule has 0 aliphatic carbocycles. The summed E-state index contributed by atoms with van der Waals surface area (Å²) in [5.41, 5.74) is 0. The predicted molar refractivity (Wildman–Crippen MR) is 79.3 cm³/mol. The SMILES string of the molecule is CC(C)n1nnnc1CN1CCCCC1c1nnc(CC(F)(F)F)o1. The minimum absolute atomic E-state index is 0.120. The molecule has 1 aliphatic rings. The molecule has 3 heterocycles. The third-order valence-corrected chi connectivity index (χ3v) is 4.13. The summed E-state index contributed by atoms with van der Waals surface area (Å²) in [5, 5.41) is 19.1. The number of nitrogens with zero attached hydrogens (tertiary/aromatic N) is 7. The van der Waals surface area contributed by atoms with Crippen LogP contribution < -0.4 is 0 Å². The zero-order chi connectivity index (χ0) is 18.0. The maximum atomic E-state index is 12.5. The van der Waals surface area contributed by atoms with E-state index in [1.807, 2.05) is 13.8 Å². The molecule has 0 radical (unpaired) electrons. The molecule has 1 saturated heterocycles. The first-order valence-electron chi connectivity index (χ1n) is 8.23. The van der Waals surface area contributed by atoms with Crippen molar-refractivity contribution in [1.82, 2.24) is 35.3 Å². The molecule has 11 heteroatoms. The molecule has 3 rings (SSSR count). The van der Waals surface area contributed by atoms with Crippen LogP contribution in [0.2, 0.25) is 0 Å². The Balaban J connectivity index is 1.76. The highest BCUT2D eigenvalue weighted by Crippen LogP contribution is 2.32. The number of hydrogen-bond donors (Lipinski definition) is 0. The van der Waals surface area contributed by atoms with Crippen LogP contribution in [-0.2, 0) is 13.0 Å². The average molecular weight is 359 g/mol. The van der Waals surface area contributed by atoms with E-state index in [0.717, 1.165) is 25.8 Å². The molecule has 1 aliphatic heterocycles. The number of halogens is 3. The second-order valence-corrected chi connectivity index (χ2v) is 6.44. The van der Waals surface area contributed by atoms with Crippen LogP contribution in [0.1, 0.15) is 62.8 Å². The number of likely N-dealkylation sites (tertiary alicyclic amines) is 1. The van der Waals surface area contributed by atoms with Crippen molar-refractivity contribution in [3.8, 4) is 0 Å². The Morgan fingerprint density at radius 3 is 2.72 bits per heavy atom. The summed E-state index contributed by atoms with van der Waals surface area (Å²) in [4.78, 5) is 2.08. The summed E-state index contributed by atoms with van der Waals surface area (Å²) in [5.74, 6) is 0.527. The third-order valence-electron chi connectivity index (χ3n) is 4.13. The zero-order valence-electron chi connectivity index (χ0n) is 14.1. The van der Waals surface area contributed by atoms with Crippen LogP contribution in [0.4, 0.5) is 13.2 Å². The van der Waals surface area contributed by atoms with Crippen molar-refractivity contribution in [2.75, 3.05) is 6.54 Å². The van der Waals surface area contributed by atoms with E-state index in [4.69, 9.17) is 4.42 Å². The lowest BCUT2D eigenvalue weighted by atomic mass is 10.0. The van der Waals surface area contributed by atoms with Gasteiger partial charge in [0.05, 0.1) is 18.6 Å². The van der Waals surface area contributed by atoms with Crippen molar-refractivity contribution in [1.29, 1.82) is 0 Å². The standard InChI is InChI=1S/C14H20F3N7O/c1-9(2)24-11(18-21-22-24)8-23-6-4-3-5-10(23)13-20-19-12(25-13)7-14(15,16)17/h9-10H,3-8H2,1-2H3. The number of hydrogen-bond acceptors (Lipinski definition) is 7. The molecule has 0 bridgehead atoms. The maximum absolute atomic E-state index is 12.5. The molecular formula is C14H20F3N7O. The third kappa shape index (κ3) is 4.33. The highest BCUT2D eigenvalue weighted by Gasteiger charge is 2.34. The molecule has 8 nitrogen and oxygen atoms in total. The lowest BCUT2D eigenvalue weighted by molar-refractivity contribution is -0.131. The first kappa shape index (κ1) is 17.8. The Morgan fingerprint density at radius 2 is 2.00 bits per heavy atom. The van der Waals surface area contributed by atoms with E-state index < -0.39 is 18.5 Å². The molecule has 25 heavy (non-hydrogen) atoms. The van der Waals surface area contributed by atoms with Gasteiger partial charge in [-0.25, -0.2) is 4.68 Å². The van der Waals surface area contributed by atoms with Gasteiger partial charge >= 0.3 is 6.18 Å². The largest absolute Gasteiger partial charge is 0.423 e. The summed E-state index contributed by atoms with van der Waals surface area (Å²) in [7, 11) is 0. The van der Waals surface area contributed by atoms with Gasteiger partial charge in [0.25, 0.3) is 0 Å². The van der Waals surface area contributed by atoms with Gasteiger partial charge in [-0.3, -0.25) is 4.90 Å². The van der Waals surface area contributed by atoms with Gasteiger partial charge in [-0.2, -0.15) is 13.2 Å². The molecule has 0 saturated carbocycles. The maximum Gasteiger partial charge on any atom is 0.397 e. The van der Waals surface area contributed by atoms with E-state index in [0.29, 0.717) is 12.4 Å². The normalized spacial score (nSPS) is 19.7. The number of tetrazole rings is 1. The minimum Gasteiger partial charge on any atom is -0.423 e. The smallest absolute Gasteiger partial charge is 0.397 e. The second-order valence-electron chi connectivity index (χ2n) is 6.44. The Morgan fingerprint density at radius 1 is 1.20 bits per heavy atom. The fourth-order valence-corrected chi connectivity index (χ4v) is 3.00. The Kier molecular flexibility index (Phi) is 5.02. The van der Waals surface area contributed by atoms with Crippen LogP contribution in [0.15, 0.2) is 4.42 Å². The number of rotatable bonds is 5. The monoisotopic (exact) mass is 359 g/mol. The summed E-state index contributed by atoms with van der Waals surface area (Å²) in [6.07, 6.45) is -2.89. The molecular weight excluding hydrogens is 339 g/mol. The summed E-state index contributed by atoms with van der Waals surface area (Å²) in [6, 6.07) is -0.101. The summed E-state index contributed by atoms with van der Waals surface area (Å²) >= 11 is 0. The second kappa shape index (κ2) is 7.06. The van der Waals surface area contributed by atoms with Gasteiger partial charge in [0, 0.05) is 0 Å². The van der Waals surface area contributed by atoms with Gasteiger partial charge in [-0.1, -0.05) is 6.42 Å². The minimum atomic E-state index is -4.37. The Bertz CT molecular complexity index is 697. The van der Waals surface area contributed by atoms with Crippen LogP contribution in [-0.4, -0.2) is 48.0 Å². The van der Waals surface area contributed by atoms with Crippen molar-refractivity contribution >= 4 is 0 Å². The molecule has 0 spiro atoms. The molecule has 2 aromatic rings. The van der Waals surface area contributed by atoms with Gasteiger partial charge in [-0.05, 0) is 43.7 Å². The molecule has 0 N–H and O–H groups in total. The van der Waals surface area contributed by atoms with E-state index in [1.165, 1.54) is 0 Å². The van der Waals surface area contributed by atoms with E-state index in [1.54, 1.807) is 4.68 Å². The summed E-state index contributed by atoms with van der Waals surface area (Å²) in [6.45, 7) is 5.21. The fraction of sp³-hybridized carbons (Fsp3) is 0.786. The van der Waals surface area contributed by atoms with E-state index in [9.17, 15) is 13.2 Å². The van der Waals surface area contributed by atoms with Gasteiger partial charge in [0.15, 0.2) is 5.82 Å². The topological polar surface area (TPSA) is 85.8 Å². The van der Waals surface area contributed by atoms with Crippen molar-refractivity contribution in [2.45, 2.75) is 64.3 Å². The number of piperidine rings is 1. The van der Waals surface area contributed by atoms with Gasteiger partial charge in [0.1, 0.15) is 6.42 Å². The van der Waals surface area contributed by atoms with Gasteiger partial charge in [0.2, 0.25) is 11.8 Å². The lowest BCUT2D eigenvalue weighted by Crippen LogP contribution is -2.34. The predicted octanol–water partition coefficient (Wildman–Crippen LogP) is 2.47. The Labute approximate surface area is 142 Å². The van der Waals surface area contributed by atoms with Crippen LogP contribution in [0.3, 0.4) is 0 Å². The zero-order valence-corrected chi connectivity index (χ0v) is 14.1. The fourth-order valence-electron chi connectivity index (χ4n) is 3.00. The summed E-state index contributed by atoms with van der Waals surface area (Å²) < 4.78 is 44.5. The number of alkyl halides is 3. The highest BCUT2D eigenvalue weighted by molar-refractivity contribution is 4.96. The van der Waals surface area contributed by atoms with Crippen molar-refractivity contribution in [2.24, 2.45) is 0 Å². The van der Waals surface area contributed by atoms with Crippen LogP contribution in [0, 0.1) is 0 Å². The molecule has 1 fully saturated rings. The lowest BCUT2D eigenvalue weighted by Gasteiger charge is -2.32. The van der Waals surface area contributed by atoms with Crippen LogP contribution in [0.25, 0.3) is 0 Å². The van der Waals surface area contributed by atoms with Crippen molar-refractivity contribution in [3.05, 3.63) is 17.6 Å². The van der Waals surface area contributed by atoms with Crippen LogP contribution in [0.5, 0.6) is 0 Å². The quantitative estimate of drug-likeness (QED) is 0.810. The first-order valence-corrected chi connectivity index (χ1v) is 8.23. The molecule has 138 valence electrons. The van der Waals surface area contributed by atoms with E-state index >= 15 is 0 Å². The molecule has 2 aromatic heterocycles. The highest BCUT2D eigenvalue weighted by atomic mass is 19.4. The number of aromatic nitrogens is 6. The van der Waals surface area contributed by atoms with E-state index in [2.05, 4.69) is 30.6 Å². The first-order chi connectivity index (χ1) is 11.8. The molecule has 0 aromatic carbocycles. The van der Waals surface area contributed by atoms with E-state index in [-0.39, 0.29) is 18.0 Å². The Hall–Kier alpha value is -2.04.